The highest BCUT2D eigenvalue weighted by molar-refractivity contribution is 5.65. The van der Waals surface area contributed by atoms with Gasteiger partial charge in [-0.3, -0.25) is 4.98 Å². The van der Waals surface area contributed by atoms with Crippen molar-refractivity contribution in [2.24, 2.45) is 0 Å². The lowest BCUT2D eigenvalue weighted by molar-refractivity contribution is 0.795. The third-order valence-electron chi connectivity index (χ3n) is 3.06. The molecule has 1 aliphatic rings. The fraction of sp³-hybridized carbons (Fsp3) is 0.133. The van der Waals surface area contributed by atoms with Gasteiger partial charge in [0.1, 0.15) is 0 Å². The standard InChI is InChI=1S/C15H13N/c1-2-9-14(15-10-3-4-11-16-15)13(8-1)12-6-5-7-12/h1-6,8-12H,7H2. The van der Waals surface area contributed by atoms with E-state index in [0.29, 0.717) is 5.92 Å². The molecular weight excluding hydrogens is 194 g/mol. The van der Waals surface area contributed by atoms with Gasteiger partial charge < -0.3 is 0 Å². The summed E-state index contributed by atoms with van der Waals surface area (Å²) < 4.78 is 0. The molecule has 1 aliphatic carbocycles. The van der Waals surface area contributed by atoms with E-state index >= 15 is 0 Å². The van der Waals surface area contributed by atoms with Crippen molar-refractivity contribution in [3.8, 4) is 11.3 Å². The maximum Gasteiger partial charge on any atom is 0.0704 e. The van der Waals surface area contributed by atoms with Gasteiger partial charge in [0.25, 0.3) is 0 Å². The Hall–Kier alpha value is -1.89. The summed E-state index contributed by atoms with van der Waals surface area (Å²) in [6.07, 6.45) is 7.49. The highest BCUT2D eigenvalue weighted by Crippen LogP contribution is 2.35. The third-order valence-corrected chi connectivity index (χ3v) is 3.06. The van der Waals surface area contributed by atoms with Crippen molar-refractivity contribution >= 4 is 0 Å². The minimum absolute atomic E-state index is 0.582. The van der Waals surface area contributed by atoms with Crippen molar-refractivity contribution in [3.63, 3.8) is 0 Å². The lowest BCUT2D eigenvalue weighted by Gasteiger charge is -2.21. The summed E-state index contributed by atoms with van der Waals surface area (Å²) in [6.45, 7) is 0. The van der Waals surface area contributed by atoms with E-state index in [1.165, 1.54) is 11.1 Å². The van der Waals surface area contributed by atoms with Gasteiger partial charge in [0.15, 0.2) is 0 Å². The molecule has 1 aromatic heterocycles. The maximum atomic E-state index is 4.43. The highest BCUT2D eigenvalue weighted by atomic mass is 14.7. The Morgan fingerprint density at radius 3 is 2.50 bits per heavy atom. The van der Waals surface area contributed by atoms with Gasteiger partial charge in [-0.2, -0.15) is 0 Å². The van der Waals surface area contributed by atoms with Crippen LogP contribution in [0.3, 0.4) is 0 Å². The molecule has 0 N–H and O–H groups in total. The van der Waals surface area contributed by atoms with Gasteiger partial charge in [-0.1, -0.05) is 42.5 Å². The van der Waals surface area contributed by atoms with Crippen LogP contribution >= 0.6 is 0 Å². The normalized spacial score (nSPS) is 18.1. The molecule has 1 aromatic carbocycles. The average molecular weight is 207 g/mol. The van der Waals surface area contributed by atoms with Crippen LogP contribution in [0.4, 0.5) is 0 Å². The Bertz CT molecular complexity index is 514. The molecule has 1 atom stereocenters. The molecule has 0 saturated carbocycles. The maximum absolute atomic E-state index is 4.43. The summed E-state index contributed by atoms with van der Waals surface area (Å²) in [5.41, 5.74) is 3.72. The van der Waals surface area contributed by atoms with Crippen LogP contribution in [0.1, 0.15) is 17.9 Å². The van der Waals surface area contributed by atoms with E-state index in [4.69, 9.17) is 0 Å². The summed E-state index contributed by atoms with van der Waals surface area (Å²) >= 11 is 0. The quantitative estimate of drug-likeness (QED) is 0.683. The van der Waals surface area contributed by atoms with Crippen molar-refractivity contribution in [3.05, 3.63) is 66.4 Å². The lowest BCUT2D eigenvalue weighted by Crippen LogP contribution is -2.03. The van der Waals surface area contributed by atoms with Crippen LogP contribution < -0.4 is 0 Å². The number of rotatable bonds is 2. The van der Waals surface area contributed by atoms with Gasteiger partial charge in [-0.15, -0.1) is 0 Å². The zero-order chi connectivity index (χ0) is 10.8. The second-order valence-electron chi connectivity index (χ2n) is 4.07. The molecule has 0 saturated heterocycles. The number of nitrogens with zero attached hydrogens (tertiary/aromatic N) is 1. The molecule has 0 spiro atoms. The smallest absolute Gasteiger partial charge is 0.0704 e. The van der Waals surface area contributed by atoms with Crippen LogP contribution in [0, 0.1) is 0 Å². The van der Waals surface area contributed by atoms with Gasteiger partial charge in [-0.25, -0.2) is 0 Å². The van der Waals surface area contributed by atoms with E-state index in [0.717, 1.165) is 12.1 Å². The van der Waals surface area contributed by atoms with Crippen LogP contribution in [0.25, 0.3) is 11.3 Å². The third kappa shape index (κ3) is 1.54. The molecule has 0 aliphatic heterocycles. The summed E-state index contributed by atoms with van der Waals surface area (Å²) in [7, 11) is 0. The van der Waals surface area contributed by atoms with Crippen molar-refractivity contribution in [2.75, 3.05) is 0 Å². The number of hydrogen-bond donors (Lipinski definition) is 0. The lowest BCUT2D eigenvalue weighted by atomic mass is 9.84. The predicted molar refractivity (Wildman–Crippen MR) is 66.2 cm³/mol. The molecule has 1 heteroatoms. The van der Waals surface area contributed by atoms with E-state index in [1.807, 2.05) is 18.3 Å². The van der Waals surface area contributed by atoms with Crippen molar-refractivity contribution in [2.45, 2.75) is 12.3 Å². The van der Waals surface area contributed by atoms with Gasteiger partial charge in [0.2, 0.25) is 0 Å². The molecule has 2 aromatic rings. The first kappa shape index (κ1) is 9.34. The molecule has 1 nitrogen and oxygen atoms in total. The number of hydrogen-bond acceptors (Lipinski definition) is 1. The molecule has 0 amide bonds. The van der Waals surface area contributed by atoms with E-state index in [-0.39, 0.29) is 0 Å². The SMILES string of the molecule is C1=CC(c2ccccc2-c2ccccn2)C1. The first-order chi connectivity index (χ1) is 7.95. The van der Waals surface area contributed by atoms with Gasteiger partial charge >= 0.3 is 0 Å². The number of allylic oxidation sites excluding steroid dienone is 2. The molecular formula is C15H13N. The Morgan fingerprint density at radius 1 is 1.00 bits per heavy atom. The zero-order valence-electron chi connectivity index (χ0n) is 9.01. The van der Waals surface area contributed by atoms with Crippen LogP contribution in [0.5, 0.6) is 0 Å². The molecule has 78 valence electrons. The Kier molecular flexibility index (Phi) is 2.30. The monoisotopic (exact) mass is 207 g/mol. The largest absolute Gasteiger partial charge is 0.256 e. The summed E-state index contributed by atoms with van der Waals surface area (Å²) in [4.78, 5) is 4.43. The minimum atomic E-state index is 0.582. The number of benzene rings is 1. The first-order valence-electron chi connectivity index (χ1n) is 5.62. The molecule has 0 fully saturated rings. The van der Waals surface area contributed by atoms with Crippen molar-refractivity contribution in [1.29, 1.82) is 0 Å². The molecule has 16 heavy (non-hydrogen) atoms. The van der Waals surface area contributed by atoms with E-state index in [9.17, 15) is 0 Å². The van der Waals surface area contributed by atoms with Gasteiger partial charge in [0.05, 0.1) is 5.69 Å². The number of pyridine rings is 1. The average Bonchev–Trinajstić information content (AvgIpc) is 2.29. The first-order valence-corrected chi connectivity index (χ1v) is 5.62. The summed E-state index contributed by atoms with van der Waals surface area (Å²) in [5, 5.41) is 0. The van der Waals surface area contributed by atoms with Gasteiger partial charge in [0, 0.05) is 17.7 Å². The van der Waals surface area contributed by atoms with Crippen molar-refractivity contribution in [1.82, 2.24) is 4.98 Å². The van der Waals surface area contributed by atoms with Crippen LogP contribution in [-0.2, 0) is 0 Å². The Morgan fingerprint density at radius 2 is 1.81 bits per heavy atom. The van der Waals surface area contributed by atoms with Gasteiger partial charge in [-0.05, 0) is 24.1 Å². The zero-order valence-corrected chi connectivity index (χ0v) is 9.01. The fourth-order valence-electron chi connectivity index (χ4n) is 2.08. The molecule has 1 unspecified atom stereocenters. The van der Waals surface area contributed by atoms with E-state index in [1.54, 1.807) is 0 Å². The van der Waals surface area contributed by atoms with E-state index < -0.39 is 0 Å². The van der Waals surface area contributed by atoms with Crippen molar-refractivity contribution < 1.29 is 0 Å². The highest BCUT2D eigenvalue weighted by Gasteiger charge is 2.16. The summed E-state index contributed by atoms with van der Waals surface area (Å²) in [6, 6.07) is 14.6. The minimum Gasteiger partial charge on any atom is -0.256 e. The van der Waals surface area contributed by atoms with Crippen LogP contribution in [-0.4, -0.2) is 4.98 Å². The predicted octanol–water partition coefficient (Wildman–Crippen LogP) is 3.79. The Labute approximate surface area is 95.5 Å². The second kappa shape index (κ2) is 3.93. The van der Waals surface area contributed by atoms with Crippen LogP contribution in [0.15, 0.2) is 60.8 Å². The molecule has 0 bridgehead atoms. The Balaban J connectivity index is 2.10. The molecule has 3 rings (SSSR count). The molecule has 0 radical (unpaired) electrons. The van der Waals surface area contributed by atoms with E-state index in [2.05, 4.69) is 47.5 Å². The number of aromatic nitrogens is 1. The second-order valence-corrected chi connectivity index (χ2v) is 4.07. The van der Waals surface area contributed by atoms with Crippen LogP contribution in [0.2, 0.25) is 0 Å². The summed E-state index contributed by atoms with van der Waals surface area (Å²) in [5.74, 6) is 0.582. The topological polar surface area (TPSA) is 12.9 Å². The molecule has 1 heterocycles. The fourth-order valence-corrected chi connectivity index (χ4v) is 2.08.